The number of carbonyl (C=O) groups is 2. The maximum Gasteiger partial charge on any atom is 0.308 e. The molecule has 1 aromatic rings. The number of hydrogen-bond donors (Lipinski definition) is 1. The second-order valence-corrected chi connectivity index (χ2v) is 4.93. The molecule has 2 rings (SSSR count). The molecule has 0 unspecified atom stereocenters. The quantitative estimate of drug-likeness (QED) is 0.920. The molecule has 1 amide bonds. The van der Waals surface area contributed by atoms with Crippen LogP contribution in [0.2, 0.25) is 0 Å². The molecular formula is C14H15F2NO3. The number of aliphatic carboxylic acids is 1. The molecule has 1 saturated heterocycles. The highest BCUT2D eigenvalue weighted by molar-refractivity contribution is 5.80. The van der Waals surface area contributed by atoms with Gasteiger partial charge in [-0.1, -0.05) is 6.07 Å². The number of hydrogen-bond acceptors (Lipinski definition) is 2. The van der Waals surface area contributed by atoms with Crippen LogP contribution in [-0.4, -0.2) is 35.0 Å². The highest BCUT2D eigenvalue weighted by atomic mass is 19.1. The van der Waals surface area contributed by atoms with E-state index in [2.05, 4.69) is 0 Å². The zero-order valence-corrected chi connectivity index (χ0v) is 10.8. The van der Waals surface area contributed by atoms with Crippen molar-refractivity contribution >= 4 is 11.9 Å². The van der Waals surface area contributed by atoms with Gasteiger partial charge in [-0.25, -0.2) is 8.78 Å². The van der Waals surface area contributed by atoms with Crippen molar-refractivity contribution < 1.29 is 23.5 Å². The number of likely N-dealkylation sites (tertiary alicyclic amines) is 1. The van der Waals surface area contributed by atoms with Crippen LogP contribution in [0.25, 0.3) is 0 Å². The van der Waals surface area contributed by atoms with E-state index in [0.717, 1.165) is 12.1 Å². The van der Waals surface area contributed by atoms with Crippen LogP contribution in [0.5, 0.6) is 0 Å². The van der Waals surface area contributed by atoms with Gasteiger partial charge in [-0.15, -0.1) is 0 Å². The van der Waals surface area contributed by atoms with Crippen LogP contribution in [-0.2, 0) is 16.0 Å². The normalized spacial score (nSPS) is 18.9. The number of halogens is 2. The number of piperidine rings is 1. The third-order valence-corrected chi connectivity index (χ3v) is 3.48. The van der Waals surface area contributed by atoms with Gasteiger partial charge in [0.2, 0.25) is 5.91 Å². The van der Waals surface area contributed by atoms with Gasteiger partial charge in [0.25, 0.3) is 0 Å². The molecule has 20 heavy (non-hydrogen) atoms. The molecule has 1 fully saturated rings. The first-order valence-corrected chi connectivity index (χ1v) is 6.42. The van der Waals surface area contributed by atoms with E-state index in [4.69, 9.17) is 5.11 Å². The van der Waals surface area contributed by atoms with Gasteiger partial charge in [-0.3, -0.25) is 9.59 Å². The van der Waals surface area contributed by atoms with Gasteiger partial charge in [0, 0.05) is 19.2 Å². The third kappa shape index (κ3) is 3.31. The Hall–Kier alpha value is -1.98. The summed E-state index contributed by atoms with van der Waals surface area (Å²) in [6.45, 7) is 0.627. The number of carboxylic acid groups (broad SMARTS) is 1. The molecule has 1 N–H and O–H groups in total. The molecular weight excluding hydrogens is 268 g/mol. The molecule has 108 valence electrons. The Morgan fingerprint density at radius 2 is 2.10 bits per heavy atom. The van der Waals surface area contributed by atoms with Crippen LogP contribution in [0.1, 0.15) is 18.4 Å². The summed E-state index contributed by atoms with van der Waals surface area (Å²) in [5.74, 6) is -3.27. The maximum absolute atomic E-state index is 13.5. The monoisotopic (exact) mass is 283 g/mol. The fraction of sp³-hybridized carbons (Fsp3) is 0.429. The average molecular weight is 283 g/mol. The standard InChI is InChI=1S/C14H15F2NO3/c15-11-4-3-9(12(16)7-11)6-13(18)17-5-1-2-10(8-17)14(19)20/h3-4,7,10H,1-2,5-6,8H2,(H,19,20)/t10-/m1/s1. The molecule has 1 atom stereocenters. The van der Waals surface area contributed by atoms with Crippen molar-refractivity contribution in [2.24, 2.45) is 5.92 Å². The molecule has 0 aliphatic carbocycles. The van der Waals surface area contributed by atoms with Crippen LogP contribution in [0, 0.1) is 17.6 Å². The van der Waals surface area contributed by atoms with Crippen molar-refractivity contribution in [3.05, 3.63) is 35.4 Å². The Labute approximate surface area is 115 Å². The Morgan fingerprint density at radius 3 is 2.75 bits per heavy atom. The second kappa shape index (κ2) is 5.98. The lowest BCUT2D eigenvalue weighted by Crippen LogP contribution is -2.43. The minimum absolute atomic E-state index is 0.119. The number of nitrogens with zero attached hydrogens (tertiary/aromatic N) is 1. The van der Waals surface area contributed by atoms with Crippen LogP contribution in [0.3, 0.4) is 0 Å². The van der Waals surface area contributed by atoms with Crippen molar-refractivity contribution in [3.63, 3.8) is 0 Å². The molecule has 0 bridgehead atoms. The summed E-state index contributed by atoms with van der Waals surface area (Å²) >= 11 is 0. The van der Waals surface area contributed by atoms with Crippen LogP contribution in [0.15, 0.2) is 18.2 Å². The first-order chi connectivity index (χ1) is 9.47. The molecule has 1 aliphatic rings. The Balaban J connectivity index is 2.02. The van der Waals surface area contributed by atoms with Gasteiger partial charge in [0.05, 0.1) is 12.3 Å². The summed E-state index contributed by atoms with van der Waals surface area (Å²) in [6.07, 6.45) is 0.983. The van der Waals surface area contributed by atoms with Gasteiger partial charge >= 0.3 is 5.97 Å². The van der Waals surface area contributed by atoms with E-state index in [9.17, 15) is 18.4 Å². The Bertz CT molecular complexity index is 533. The molecule has 0 saturated carbocycles. The number of carbonyl (C=O) groups excluding carboxylic acids is 1. The zero-order chi connectivity index (χ0) is 14.7. The zero-order valence-electron chi connectivity index (χ0n) is 10.8. The van der Waals surface area contributed by atoms with E-state index in [1.165, 1.54) is 11.0 Å². The average Bonchev–Trinajstić information content (AvgIpc) is 2.42. The van der Waals surface area contributed by atoms with E-state index in [1.54, 1.807) is 0 Å². The van der Waals surface area contributed by atoms with Gasteiger partial charge in [-0.2, -0.15) is 0 Å². The van der Waals surface area contributed by atoms with Gasteiger partial charge < -0.3 is 10.0 Å². The van der Waals surface area contributed by atoms with E-state index >= 15 is 0 Å². The summed E-state index contributed by atoms with van der Waals surface area (Å²) in [6, 6.07) is 3.07. The number of benzene rings is 1. The maximum atomic E-state index is 13.5. The number of carboxylic acids is 1. The van der Waals surface area contributed by atoms with Gasteiger partial charge in [-0.05, 0) is 24.5 Å². The van der Waals surface area contributed by atoms with Crippen LogP contribution < -0.4 is 0 Å². The predicted octanol–water partition coefficient (Wildman–Crippen LogP) is 1.83. The van der Waals surface area contributed by atoms with Crippen molar-refractivity contribution in [2.75, 3.05) is 13.1 Å². The lowest BCUT2D eigenvalue weighted by Gasteiger charge is -2.30. The minimum Gasteiger partial charge on any atom is -0.481 e. The van der Waals surface area contributed by atoms with Gasteiger partial charge in [0.1, 0.15) is 11.6 Å². The SMILES string of the molecule is O=C(O)[C@@H]1CCCN(C(=O)Cc2ccc(F)cc2F)C1. The summed E-state index contributed by atoms with van der Waals surface area (Å²) in [5, 5.41) is 8.96. The van der Waals surface area contributed by atoms with Crippen molar-refractivity contribution in [1.82, 2.24) is 4.90 Å². The van der Waals surface area contributed by atoms with E-state index in [-0.39, 0.29) is 24.4 Å². The van der Waals surface area contributed by atoms with Gasteiger partial charge in [0.15, 0.2) is 0 Å². The molecule has 1 aromatic carbocycles. The number of rotatable bonds is 3. The first-order valence-electron chi connectivity index (χ1n) is 6.42. The molecule has 6 heteroatoms. The third-order valence-electron chi connectivity index (χ3n) is 3.48. The second-order valence-electron chi connectivity index (χ2n) is 4.93. The van der Waals surface area contributed by atoms with E-state index in [1.807, 2.05) is 0 Å². The summed E-state index contributed by atoms with van der Waals surface area (Å²) in [7, 11) is 0. The molecule has 1 aliphatic heterocycles. The Morgan fingerprint density at radius 1 is 1.35 bits per heavy atom. The van der Waals surface area contributed by atoms with Crippen LogP contribution >= 0.6 is 0 Å². The largest absolute Gasteiger partial charge is 0.481 e. The highest BCUT2D eigenvalue weighted by Gasteiger charge is 2.28. The predicted molar refractivity (Wildman–Crippen MR) is 67.0 cm³/mol. The van der Waals surface area contributed by atoms with Crippen molar-refractivity contribution in [1.29, 1.82) is 0 Å². The van der Waals surface area contributed by atoms with Crippen molar-refractivity contribution in [2.45, 2.75) is 19.3 Å². The summed E-state index contributed by atoms with van der Waals surface area (Å²) < 4.78 is 26.3. The van der Waals surface area contributed by atoms with Crippen molar-refractivity contribution in [3.8, 4) is 0 Å². The summed E-state index contributed by atoms with van der Waals surface area (Å²) in [4.78, 5) is 24.4. The molecule has 0 spiro atoms. The molecule has 1 heterocycles. The minimum atomic E-state index is -0.921. The molecule has 0 radical (unpaired) electrons. The highest BCUT2D eigenvalue weighted by Crippen LogP contribution is 2.18. The lowest BCUT2D eigenvalue weighted by molar-refractivity contribution is -0.145. The van der Waals surface area contributed by atoms with Crippen LogP contribution in [0.4, 0.5) is 8.78 Å². The van der Waals surface area contributed by atoms with E-state index < -0.39 is 23.5 Å². The molecule has 4 nitrogen and oxygen atoms in total. The molecule has 0 aromatic heterocycles. The first kappa shape index (κ1) is 14.4. The fourth-order valence-corrected chi connectivity index (χ4v) is 2.35. The van der Waals surface area contributed by atoms with E-state index in [0.29, 0.717) is 19.4 Å². The smallest absolute Gasteiger partial charge is 0.308 e. The lowest BCUT2D eigenvalue weighted by atomic mass is 9.97. The fourth-order valence-electron chi connectivity index (χ4n) is 2.35. The Kier molecular flexibility index (Phi) is 4.32. The topological polar surface area (TPSA) is 57.6 Å². The summed E-state index contributed by atoms with van der Waals surface area (Å²) in [5.41, 5.74) is 0.119. The number of amides is 1.